The molecule has 0 radical (unpaired) electrons. The van der Waals surface area contributed by atoms with E-state index < -0.39 is 6.10 Å². The lowest BCUT2D eigenvalue weighted by Crippen LogP contribution is -2.30. The smallest absolute Gasteiger partial charge is 0.306 e. The summed E-state index contributed by atoms with van der Waals surface area (Å²) < 4.78 is 17.4. The molecule has 0 amide bonds. The van der Waals surface area contributed by atoms with E-state index in [4.69, 9.17) is 14.2 Å². The van der Waals surface area contributed by atoms with Crippen LogP contribution < -0.4 is 0 Å². The SMILES string of the molecule is CC/C=C\C/C=C\C/C=C\CCCCCCCC(=O)O[C@H](COCCCCCCCCCCCCCCCCCC)COC(=O)CCCCCCCCCCCCCCC. The third kappa shape index (κ3) is 48.8. The van der Waals surface area contributed by atoms with Gasteiger partial charge < -0.3 is 14.2 Å². The Morgan fingerprint density at radius 1 is 0.383 bits per heavy atom. The van der Waals surface area contributed by atoms with Crippen LogP contribution in [-0.2, 0) is 23.8 Å². The zero-order valence-electron chi connectivity index (χ0n) is 40.5. The van der Waals surface area contributed by atoms with Crippen molar-refractivity contribution >= 4 is 11.9 Å². The summed E-state index contributed by atoms with van der Waals surface area (Å²) in [5.41, 5.74) is 0. The summed E-state index contributed by atoms with van der Waals surface area (Å²) in [5.74, 6) is -0.400. The summed E-state index contributed by atoms with van der Waals surface area (Å²) in [7, 11) is 0. The minimum Gasteiger partial charge on any atom is -0.462 e. The molecule has 0 spiro atoms. The van der Waals surface area contributed by atoms with Crippen LogP contribution in [0, 0.1) is 0 Å². The van der Waals surface area contributed by atoms with Crippen LogP contribution in [0.25, 0.3) is 0 Å². The molecule has 60 heavy (non-hydrogen) atoms. The van der Waals surface area contributed by atoms with Crippen molar-refractivity contribution in [2.45, 2.75) is 284 Å². The molecule has 0 aromatic rings. The number of allylic oxidation sites excluding steroid dienone is 6. The summed E-state index contributed by atoms with van der Waals surface area (Å²) in [6.07, 6.45) is 61.5. The zero-order chi connectivity index (χ0) is 43.5. The molecule has 352 valence electrons. The highest BCUT2D eigenvalue weighted by Crippen LogP contribution is 2.16. The molecule has 0 bridgehead atoms. The predicted octanol–water partition coefficient (Wildman–Crippen LogP) is 17.8. The minimum atomic E-state index is -0.538. The molecule has 0 fully saturated rings. The Kier molecular flexibility index (Phi) is 49.9. The lowest BCUT2D eigenvalue weighted by atomic mass is 10.0. The first kappa shape index (κ1) is 58.1. The molecule has 0 rings (SSSR count). The Morgan fingerprint density at radius 2 is 0.750 bits per heavy atom. The third-order valence-corrected chi connectivity index (χ3v) is 11.7. The summed E-state index contributed by atoms with van der Waals surface area (Å²) in [5, 5.41) is 0. The second-order valence-corrected chi connectivity index (χ2v) is 17.8. The van der Waals surface area contributed by atoms with Gasteiger partial charge in [-0.1, -0.05) is 250 Å². The van der Waals surface area contributed by atoms with Crippen LogP contribution >= 0.6 is 0 Å². The number of esters is 2. The molecule has 0 heterocycles. The van der Waals surface area contributed by atoms with Crippen LogP contribution in [0.1, 0.15) is 278 Å². The highest BCUT2D eigenvalue weighted by Gasteiger charge is 2.17. The van der Waals surface area contributed by atoms with Gasteiger partial charge in [0.1, 0.15) is 6.61 Å². The van der Waals surface area contributed by atoms with Gasteiger partial charge in [0.15, 0.2) is 6.10 Å². The number of rotatable bonds is 49. The normalized spacial score (nSPS) is 12.4. The number of hydrogen-bond acceptors (Lipinski definition) is 5. The molecule has 0 saturated carbocycles. The second kappa shape index (κ2) is 51.5. The van der Waals surface area contributed by atoms with E-state index in [1.165, 1.54) is 180 Å². The largest absolute Gasteiger partial charge is 0.462 e. The van der Waals surface area contributed by atoms with Crippen molar-refractivity contribution in [3.8, 4) is 0 Å². The van der Waals surface area contributed by atoms with E-state index >= 15 is 0 Å². The first-order valence-corrected chi connectivity index (χ1v) is 26.5. The van der Waals surface area contributed by atoms with Gasteiger partial charge in [-0.05, 0) is 51.4 Å². The Bertz CT molecular complexity index is 955. The second-order valence-electron chi connectivity index (χ2n) is 17.8. The monoisotopic (exact) mass is 843 g/mol. The van der Waals surface area contributed by atoms with Gasteiger partial charge in [0, 0.05) is 19.4 Å². The predicted molar refractivity (Wildman–Crippen MR) is 261 cm³/mol. The van der Waals surface area contributed by atoms with Gasteiger partial charge in [-0.2, -0.15) is 0 Å². The molecule has 0 aliphatic carbocycles. The van der Waals surface area contributed by atoms with Crippen LogP contribution in [-0.4, -0.2) is 37.9 Å². The summed E-state index contributed by atoms with van der Waals surface area (Å²) in [6.45, 7) is 7.75. The van der Waals surface area contributed by atoms with Crippen molar-refractivity contribution in [3.05, 3.63) is 36.5 Å². The van der Waals surface area contributed by atoms with E-state index in [9.17, 15) is 9.59 Å². The van der Waals surface area contributed by atoms with E-state index in [0.29, 0.717) is 19.4 Å². The van der Waals surface area contributed by atoms with Crippen molar-refractivity contribution in [1.29, 1.82) is 0 Å². The molecular weight excluding hydrogens is 741 g/mol. The maximum Gasteiger partial charge on any atom is 0.306 e. The molecular formula is C55H102O5. The molecule has 5 heteroatoms. The average molecular weight is 843 g/mol. The molecule has 0 saturated heterocycles. The van der Waals surface area contributed by atoms with E-state index in [1.807, 2.05) is 0 Å². The van der Waals surface area contributed by atoms with Gasteiger partial charge in [0.2, 0.25) is 0 Å². The Labute approximate surface area is 374 Å². The zero-order valence-corrected chi connectivity index (χ0v) is 40.5. The fourth-order valence-electron chi connectivity index (χ4n) is 7.76. The number of unbranched alkanes of at least 4 members (excludes halogenated alkanes) is 32. The van der Waals surface area contributed by atoms with E-state index in [0.717, 1.165) is 64.2 Å². The molecule has 1 atom stereocenters. The van der Waals surface area contributed by atoms with Gasteiger partial charge >= 0.3 is 11.9 Å². The topological polar surface area (TPSA) is 61.8 Å². The molecule has 0 aliphatic rings. The summed E-state index contributed by atoms with van der Waals surface area (Å²) in [6, 6.07) is 0. The Balaban J connectivity index is 4.25. The minimum absolute atomic E-state index is 0.0845. The maximum absolute atomic E-state index is 12.8. The van der Waals surface area contributed by atoms with Gasteiger partial charge in [-0.3, -0.25) is 9.59 Å². The molecule has 5 nitrogen and oxygen atoms in total. The number of hydrogen-bond donors (Lipinski definition) is 0. The lowest BCUT2D eigenvalue weighted by Gasteiger charge is -2.18. The van der Waals surface area contributed by atoms with Crippen molar-refractivity contribution in [3.63, 3.8) is 0 Å². The van der Waals surface area contributed by atoms with Gasteiger partial charge in [0.25, 0.3) is 0 Å². The third-order valence-electron chi connectivity index (χ3n) is 11.7. The molecule has 0 aromatic heterocycles. The molecule has 0 unspecified atom stereocenters. The first-order chi connectivity index (χ1) is 29.6. The standard InChI is InChI=1S/C55H102O5/c1-4-7-10-13-16-19-22-25-27-29-32-35-38-41-44-47-50-58-51-53(52-59-54(56)48-45-42-39-36-33-30-24-21-18-15-12-9-6-3)60-55(57)49-46-43-40-37-34-31-28-26-23-20-17-14-11-8-5-2/h8,11,17,20,26,28,53H,4-7,9-10,12-16,18-19,21-25,27,29-52H2,1-3H3/b11-8-,20-17-,28-26-/t53-/m1/s1. The van der Waals surface area contributed by atoms with E-state index in [-0.39, 0.29) is 25.2 Å². The van der Waals surface area contributed by atoms with Gasteiger partial charge in [-0.15, -0.1) is 0 Å². The highest BCUT2D eigenvalue weighted by atomic mass is 16.6. The van der Waals surface area contributed by atoms with Crippen LogP contribution in [0.15, 0.2) is 36.5 Å². The quantitative estimate of drug-likeness (QED) is 0.0347. The Hall–Kier alpha value is -1.88. The fourth-order valence-corrected chi connectivity index (χ4v) is 7.76. The van der Waals surface area contributed by atoms with Crippen LogP contribution in [0.5, 0.6) is 0 Å². The fraction of sp³-hybridized carbons (Fsp3) is 0.855. The first-order valence-electron chi connectivity index (χ1n) is 26.5. The lowest BCUT2D eigenvalue weighted by molar-refractivity contribution is -0.163. The Morgan fingerprint density at radius 3 is 1.20 bits per heavy atom. The summed E-state index contributed by atoms with van der Waals surface area (Å²) >= 11 is 0. The summed E-state index contributed by atoms with van der Waals surface area (Å²) in [4.78, 5) is 25.4. The highest BCUT2D eigenvalue weighted by molar-refractivity contribution is 5.70. The van der Waals surface area contributed by atoms with Gasteiger partial charge in [-0.25, -0.2) is 0 Å². The van der Waals surface area contributed by atoms with Crippen LogP contribution in [0.4, 0.5) is 0 Å². The number of carbonyl (C=O) groups excluding carboxylic acids is 2. The molecule has 0 aliphatic heterocycles. The number of ether oxygens (including phenoxy) is 3. The molecule has 0 N–H and O–H groups in total. The molecule has 0 aromatic carbocycles. The van der Waals surface area contributed by atoms with Crippen molar-refractivity contribution in [2.24, 2.45) is 0 Å². The van der Waals surface area contributed by atoms with Gasteiger partial charge in [0.05, 0.1) is 6.61 Å². The van der Waals surface area contributed by atoms with Crippen LogP contribution in [0.2, 0.25) is 0 Å². The van der Waals surface area contributed by atoms with Crippen molar-refractivity contribution in [1.82, 2.24) is 0 Å². The van der Waals surface area contributed by atoms with E-state index in [1.54, 1.807) is 0 Å². The maximum atomic E-state index is 12.8. The van der Waals surface area contributed by atoms with Crippen LogP contribution in [0.3, 0.4) is 0 Å². The van der Waals surface area contributed by atoms with E-state index in [2.05, 4.69) is 57.2 Å². The van der Waals surface area contributed by atoms with Crippen molar-refractivity contribution in [2.75, 3.05) is 19.8 Å². The average Bonchev–Trinajstić information content (AvgIpc) is 3.25. The van der Waals surface area contributed by atoms with Crippen molar-refractivity contribution < 1.29 is 23.8 Å². The number of carbonyl (C=O) groups is 2.